The minimum Gasteiger partial charge on any atom is -0.493 e. The van der Waals surface area contributed by atoms with Gasteiger partial charge in [0.15, 0.2) is 0 Å². The lowest BCUT2D eigenvalue weighted by Crippen LogP contribution is -2.38. The molecule has 1 N–H and O–H groups in total. The largest absolute Gasteiger partial charge is 0.493 e. The predicted octanol–water partition coefficient (Wildman–Crippen LogP) is 2.79. The normalized spacial score (nSPS) is 20.1. The van der Waals surface area contributed by atoms with E-state index in [2.05, 4.69) is 43.4 Å². The number of hydrogen-bond donors (Lipinski definition) is 1. The number of fused-ring (bicyclic) bond motifs is 1. The molecule has 1 aromatic carbocycles. The first-order valence-electron chi connectivity index (χ1n) is 6.23. The third kappa shape index (κ3) is 2.89. The molecule has 0 amide bonds. The van der Waals surface area contributed by atoms with Crippen molar-refractivity contribution >= 4 is 0 Å². The van der Waals surface area contributed by atoms with Crippen molar-refractivity contribution in [2.45, 2.75) is 26.3 Å². The molecule has 1 aliphatic heterocycles. The molecule has 2 atom stereocenters. The molecule has 0 spiro atoms. The second-order valence-corrected chi connectivity index (χ2v) is 4.94. The summed E-state index contributed by atoms with van der Waals surface area (Å²) in [5.74, 6) is 1.57. The smallest absolute Gasteiger partial charge is 0.122 e. The van der Waals surface area contributed by atoms with Gasteiger partial charge >= 0.3 is 0 Å². The zero-order chi connectivity index (χ0) is 12.3. The van der Waals surface area contributed by atoms with Gasteiger partial charge in [0, 0.05) is 12.0 Å². The van der Waals surface area contributed by atoms with Crippen LogP contribution in [0.3, 0.4) is 0 Å². The number of likely N-dealkylation sites (N-methyl/N-ethyl adjacent to an activating group) is 1. The van der Waals surface area contributed by atoms with E-state index in [1.807, 2.05) is 13.1 Å². The monoisotopic (exact) mass is 231 g/mol. The lowest BCUT2D eigenvalue weighted by molar-refractivity contribution is 0.202. The molecule has 1 aliphatic rings. The maximum absolute atomic E-state index is 5.83. The average molecular weight is 231 g/mol. The van der Waals surface area contributed by atoms with Gasteiger partial charge in [-0.1, -0.05) is 29.8 Å². The maximum atomic E-state index is 5.83. The Morgan fingerprint density at radius 1 is 1.41 bits per heavy atom. The Bertz CT molecular complexity index is 407. The Labute approximate surface area is 104 Å². The highest BCUT2D eigenvalue weighted by atomic mass is 16.5. The summed E-state index contributed by atoms with van der Waals surface area (Å²) in [4.78, 5) is 0. The Hall–Kier alpha value is -1.28. The summed E-state index contributed by atoms with van der Waals surface area (Å²) in [5.41, 5.74) is 2.68. The van der Waals surface area contributed by atoms with Gasteiger partial charge in [-0.2, -0.15) is 0 Å². The van der Waals surface area contributed by atoms with Crippen molar-refractivity contribution in [2.24, 2.45) is 5.92 Å². The molecule has 0 bridgehead atoms. The van der Waals surface area contributed by atoms with E-state index in [1.165, 1.54) is 11.1 Å². The van der Waals surface area contributed by atoms with E-state index in [0.717, 1.165) is 18.8 Å². The lowest BCUT2D eigenvalue weighted by atomic mass is 9.89. The molecule has 17 heavy (non-hydrogen) atoms. The van der Waals surface area contributed by atoms with Crippen molar-refractivity contribution in [1.29, 1.82) is 0 Å². The third-order valence-electron chi connectivity index (χ3n) is 3.26. The molecule has 2 unspecified atom stereocenters. The Morgan fingerprint density at radius 2 is 2.18 bits per heavy atom. The fourth-order valence-electron chi connectivity index (χ4n) is 2.40. The first kappa shape index (κ1) is 12.2. The van der Waals surface area contributed by atoms with Gasteiger partial charge in [0.25, 0.3) is 0 Å². The molecule has 2 heteroatoms. The highest BCUT2D eigenvalue weighted by Crippen LogP contribution is 2.28. The van der Waals surface area contributed by atoms with Crippen LogP contribution < -0.4 is 10.1 Å². The summed E-state index contributed by atoms with van der Waals surface area (Å²) in [6, 6.07) is 8.73. The number of nitrogens with one attached hydrogen (secondary N) is 1. The van der Waals surface area contributed by atoms with Crippen LogP contribution in [0.4, 0.5) is 0 Å². The van der Waals surface area contributed by atoms with Crippen LogP contribution in [0.1, 0.15) is 19.4 Å². The zero-order valence-corrected chi connectivity index (χ0v) is 10.9. The SMILES string of the molecule is CNC(C=C(C)C)C1COc2ccccc2C1. The average Bonchev–Trinajstić information content (AvgIpc) is 2.35. The summed E-state index contributed by atoms with van der Waals surface area (Å²) < 4.78 is 5.83. The molecular formula is C15H21NO. The van der Waals surface area contributed by atoms with Gasteiger partial charge in [-0.25, -0.2) is 0 Å². The van der Waals surface area contributed by atoms with E-state index in [4.69, 9.17) is 4.74 Å². The highest BCUT2D eigenvalue weighted by molar-refractivity contribution is 5.35. The van der Waals surface area contributed by atoms with Gasteiger partial charge in [-0.3, -0.25) is 0 Å². The third-order valence-corrected chi connectivity index (χ3v) is 3.26. The van der Waals surface area contributed by atoms with Gasteiger partial charge in [-0.05, 0) is 38.9 Å². The summed E-state index contributed by atoms with van der Waals surface area (Å²) in [6.45, 7) is 5.08. The summed E-state index contributed by atoms with van der Waals surface area (Å²) >= 11 is 0. The van der Waals surface area contributed by atoms with E-state index in [1.54, 1.807) is 0 Å². The van der Waals surface area contributed by atoms with Crippen LogP contribution in [0.5, 0.6) is 5.75 Å². The van der Waals surface area contributed by atoms with Crippen LogP contribution in [0.2, 0.25) is 0 Å². The van der Waals surface area contributed by atoms with Crippen molar-refractivity contribution < 1.29 is 4.74 Å². The van der Waals surface area contributed by atoms with Crippen LogP contribution in [0.25, 0.3) is 0 Å². The molecule has 0 saturated carbocycles. The second-order valence-electron chi connectivity index (χ2n) is 4.94. The van der Waals surface area contributed by atoms with Gasteiger partial charge in [-0.15, -0.1) is 0 Å². The molecule has 2 nitrogen and oxygen atoms in total. The fourth-order valence-corrected chi connectivity index (χ4v) is 2.40. The lowest BCUT2D eigenvalue weighted by Gasteiger charge is -2.30. The first-order valence-corrected chi connectivity index (χ1v) is 6.23. The molecule has 1 heterocycles. The van der Waals surface area contributed by atoms with Gasteiger partial charge in [0.05, 0.1) is 6.61 Å². The van der Waals surface area contributed by atoms with Crippen molar-refractivity contribution in [3.63, 3.8) is 0 Å². The van der Waals surface area contributed by atoms with Gasteiger partial charge < -0.3 is 10.1 Å². The van der Waals surface area contributed by atoms with E-state index in [-0.39, 0.29) is 0 Å². The number of ether oxygens (including phenoxy) is 1. The quantitative estimate of drug-likeness (QED) is 0.808. The maximum Gasteiger partial charge on any atom is 0.122 e. The predicted molar refractivity (Wildman–Crippen MR) is 71.4 cm³/mol. The minimum absolute atomic E-state index is 0.397. The van der Waals surface area contributed by atoms with Crippen molar-refractivity contribution in [3.05, 3.63) is 41.5 Å². The highest BCUT2D eigenvalue weighted by Gasteiger charge is 2.24. The molecule has 0 aliphatic carbocycles. The van der Waals surface area contributed by atoms with Gasteiger partial charge in [0.2, 0.25) is 0 Å². The second kappa shape index (κ2) is 5.37. The Morgan fingerprint density at radius 3 is 2.88 bits per heavy atom. The van der Waals surface area contributed by atoms with E-state index < -0.39 is 0 Å². The molecular weight excluding hydrogens is 210 g/mol. The minimum atomic E-state index is 0.397. The van der Waals surface area contributed by atoms with E-state index in [9.17, 15) is 0 Å². The molecule has 1 aromatic rings. The van der Waals surface area contributed by atoms with E-state index >= 15 is 0 Å². The van der Waals surface area contributed by atoms with Crippen LogP contribution in [-0.2, 0) is 6.42 Å². The number of para-hydroxylation sites is 1. The number of rotatable bonds is 3. The van der Waals surface area contributed by atoms with Crippen molar-refractivity contribution in [3.8, 4) is 5.75 Å². The Kier molecular flexibility index (Phi) is 3.85. The summed E-state index contributed by atoms with van der Waals surface area (Å²) in [5, 5.41) is 3.38. The van der Waals surface area contributed by atoms with Crippen LogP contribution in [0.15, 0.2) is 35.9 Å². The van der Waals surface area contributed by atoms with Crippen molar-refractivity contribution in [1.82, 2.24) is 5.32 Å². The van der Waals surface area contributed by atoms with Crippen LogP contribution >= 0.6 is 0 Å². The topological polar surface area (TPSA) is 21.3 Å². The molecule has 0 aromatic heterocycles. The first-order chi connectivity index (χ1) is 8.20. The number of hydrogen-bond acceptors (Lipinski definition) is 2. The zero-order valence-electron chi connectivity index (χ0n) is 10.9. The van der Waals surface area contributed by atoms with Gasteiger partial charge in [0.1, 0.15) is 5.75 Å². The van der Waals surface area contributed by atoms with Crippen molar-refractivity contribution in [2.75, 3.05) is 13.7 Å². The number of benzene rings is 1. The molecule has 2 rings (SSSR count). The fraction of sp³-hybridized carbons (Fsp3) is 0.467. The molecule has 0 radical (unpaired) electrons. The van der Waals surface area contributed by atoms with Crippen LogP contribution in [-0.4, -0.2) is 19.7 Å². The van der Waals surface area contributed by atoms with Crippen LogP contribution in [0, 0.1) is 5.92 Å². The Balaban J connectivity index is 2.13. The number of allylic oxidation sites excluding steroid dienone is 1. The molecule has 0 fully saturated rings. The standard InChI is InChI=1S/C15H21NO/c1-11(2)8-14(16-3)13-9-12-6-4-5-7-15(12)17-10-13/h4-8,13-14,16H,9-10H2,1-3H3. The molecule has 92 valence electrons. The van der Waals surface area contributed by atoms with E-state index in [0.29, 0.717) is 12.0 Å². The summed E-state index contributed by atoms with van der Waals surface area (Å²) in [6.07, 6.45) is 3.38. The molecule has 0 saturated heterocycles. The summed E-state index contributed by atoms with van der Waals surface area (Å²) in [7, 11) is 2.02.